The van der Waals surface area contributed by atoms with Crippen molar-refractivity contribution < 1.29 is 24.5 Å². The molecule has 0 rings (SSSR count). The van der Waals surface area contributed by atoms with E-state index in [1.165, 1.54) is 257 Å². The topological polar surface area (TPSA) is 95.9 Å². The Morgan fingerprint density at radius 1 is 0.380 bits per heavy atom. The number of hydrogen-bond acceptors (Lipinski definition) is 5. The van der Waals surface area contributed by atoms with E-state index in [2.05, 4.69) is 43.5 Å². The molecular formula is C65H125NO5. The Balaban J connectivity index is 3.45. The Bertz CT molecular complexity index is 1110. The van der Waals surface area contributed by atoms with E-state index in [1.807, 2.05) is 0 Å². The zero-order chi connectivity index (χ0) is 51.4. The van der Waals surface area contributed by atoms with Gasteiger partial charge in [-0.15, -0.1) is 0 Å². The number of rotatable bonds is 60. The molecule has 0 aliphatic heterocycles. The summed E-state index contributed by atoms with van der Waals surface area (Å²) in [5, 5.41) is 23.4. The van der Waals surface area contributed by atoms with Gasteiger partial charge in [0.15, 0.2) is 0 Å². The number of unbranched alkanes of at least 4 members (excludes halogenated alkanes) is 45. The molecule has 0 bridgehead atoms. The third kappa shape index (κ3) is 57.5. The van der Waals surface area contributed by atoms with Crippen LogP contribution < -0.4 is 5.32 Å². The van der Waals surface area contributed by atoms with Crippen LogP contribution in [0.4, 0.5) is 0 Å². The second-order valence-corrected chi connectivity index (χ2v) is 22.1. The second kappa shape index (κ2) is 60.9. The number of allylic oxidation sites excluding steroid dienone is 4. The maximum atomic E-state index is 12.5. The van der Waals surface area contributed by atoms with Gasteiger partial charge in [-0.25, -0.2) is 0 Å². The van der Waals surface area contributed by atoms with Crippen molar-refractivity contribution in [3.63, 3.8) is 0 Å². The first kappa shape index (κ1) is 69.3. The van der Waals surface area contributed by atoms with Crippen LogP contribution in [0.15, 0.2) is 24.3 Å². The molecule has 0 aliphatic rings. The van der Waals surface area contributed by atoms with Crippen LogP contribution in [0.25, 0.3) is 0 Å². The number of ether oxygens (including phenoxy) is 1. The summed E-state index contributed by atoms with van der Waals surface area (Å²) in [6.07, 6.45) is 74.7. The Kier molecular flexibility index (Phi) is 59.5. The molecule has 0 aromatic carbocycles. The lowest BCUT2D eigenvalue weighted by Crippen LogP contribution is -2.45. The highest BCUT2D eigenvalue weighted by Crippen LogP contribution is 2.18. The molecule has 0 fully saturated rings. The normalized spacial score (nSPS) is 12.7. The van der Waals surface area contributed by atoms with Crippen molar-refractivity contribution in [3.8, 4) is 0 Å². The van der Waals surface area contributed by atoms with Crippen molar-refractivity contribution in [2.24, 2.45) is 0 Å². The van der Waals surface area contributed by atoms with Gasteiger partial charge in [0.25, 0.3) is 0 Å². The highest BCUT2D eigenvalue weighted by Gasteiger charge is 2.20. The molecular weight excluding hydrogens is 875 g/mol. The number of esters is 1. The van der Waals surface area contributed by atoms with Crippen LogP contribution >= 0.6 is 0 Å². The van der Waals surface area contributed by atoms with Gasteiger partial charge in [0, 0.05) is 12.8 Å². The van der Waals surface area contributed by atoms with Crippen molar-refractivity contribution in [1.29, 1.82) is 0 Å². The number of nitrogens with one attached hydrogen (secondary N) is 1. The van der Waals surface area contributed by atoms with Gasteiger partial charge >= 0.3 is 5.97 Å². The predicted octanol–water partition coefficient (Wildman–Crippen LogP) is 20.2. The molecule has 71 heavy (non-hydrogen) atoms. The first-order chi connectivity index (χ1) is 35.0. The average Bonchev–Trinajstić information content (AvgIpc) is 3.37. The van der Waals surface area contributed by atoms with E-state index in [-0.39, 0.29) is 18.5 Å². The van der Waals surface area contributed by atoms with Crippen molar-refractivity contribution in [2.45, 2.75) is 366 Å². The molecule has 0 radical (unpaired) electrons. The summed E-state index contributed by atoms with van der Waals surface area (Å²) in [7, 11) is 0. The Labute approximate surface area is 443 Å². The lowest BCUT2D eigenvalue weighted by atomic mass is 10.0. The van der Waals surface area contributed by atoms with Crippen LogP contribution in [0.3, 0.4) is 0 Å². The van der Waals surface area contributed by atoms with Crippen molar-refractivity contribution in [2.75, 3.05) is 13.2 Å². The summed E-state index contributed by atoms with van der Waals surface area (Å²) in [6.45, 7) is 4.95. The Morgan fingerprint density at radius 2 is 0.662 bits per heavy atom. The summed E-state index contributed by atoms with van der Waals surface area (Å²) in [5.41, 5.74) is 0. The Morgan fingerprint density at radius 3 is 1.00 bits per heavy atom. The number of aliphatic hydroxyl groups is 2. The zero-order valence-corrected chi connectivity index (χ0v) is 48.0. The summed E-state index contributed by atoms with van der Waals surface area (Å²) in [5.74, 6) is -0.0538. The molecule has 2 atom stereocenters. The number of carbonyl (C=O) groups excluding carboxylic acids is 2. The van der Waals surface area contributed by atoms with Gasteiger partial charge in [0.2, 0.25) is 5.91 Å². The summed E-state index contributed by atoms with van der Waals surface area (Å²) in [4.78, 5) is 24.6. The van der Waals surface area contributed by atoms with E-state index >= 15 is 0 Å². The monoisotopic (exact) mass is 1000 g/mol. The average molecular weight is 1000 g/mol. The highest BCUT2D eigenvalue weighted by atomic mass is 16.5. The van der Waals surface area contributed by atoms with Crippen molar-refractivity contribution >= 4 is 11.9 Å². The minimum absolute atomic E-state index is 0.00486. The lowest BCUT2D eigenvalue weighted by Gasteiger charge is -2.22. The van der Waals surface area contributed by atoms with E-state index in [0.717, 1.165) is 64.2 Å². The largest absolute Gasteiger partial charge is 0.466 e. The molecule has 3 N–H and O–H groups in total. The van der Waals surface area contributed by atoms with Gasteiger partial charge in [-0.3, -0.25) is 9.59 Å². The van der Waals surface area contributed by atoms with Gasteiger partial charge in [0.1, 0.15) is 0 Å². The van der Waals surface area contributed by atoms with Gasteiger partial charge in [-0.1, -0.05) is 289 Å². The number of amides is 1. The van der Waals surface area contributed by atoms with E-state index < -0.39 is 12.1 Å². The number of hydrogen-bond donors (Lipinski definition) is 3. The van der Waals surface area contributed by atoms with E-state index in [1.54, 1.807) is 0 Å². The molecule has 0 aromatic rings. The molecule has 2 unspecified atom stereocenters. The second-order valence-electron chi connectivity index (χ2n) is 22.1. The van der Waals surface area contributed by atoms with E-state index in [0.29, 0.717) is 25.9 Å². The standard InChI is InChI=1S/C65H125NO5/c1-3-5-7-9-11-13-15-17-19-21-23-24-25-29-33-37-41-45-49-53-57-63(68)62(61-67)66-64(69)58-54-50-46-42-38-34-30-27-28-32-36-40-44-48-52-56-60-71-65(70)59-55-51-47-43-39-35-31-26-22-20-18-16-14-12-10-8-6-4-2/h20,22,27,30,62-63,67-68H,3-19,21,23-26,28-29,31-61H2,1-2H3,(H,66,69)/b22-20-,30-27-. The summed E-state index contributed by atoms with van der Waals surface area (Å²) in [6, 6.07) is -0.555. The molecule has 0 aromatic heterocycles. The Hall–Kier alpha value is -1.66. The summed E-state index contributed by atoms with van der Waals surface area (Å²) < 4.78 is 5.49. The fourth-order valence-corrected chi connectivity index (χ4v) is 10.0. The summed E-state index contributed by atoms with van der Waals surface area (Å²) >= 11 is 0. The van der Waals surface area contributed by atoms with Crippen molar-refractivity contribution in [3.05, 3.63) is 24.3 Å². The quantitative estimate of drug-likeness (QED) is 0.0320. The minimum atomic E-state index is -0.676. The van der Waals surface area contributed by atoms with Gasteiger partial charge < -0.3 is 20.3 Å². The zero-order valence-electron chi connectivity index (χ0n) is 48.0. The fraction of sp³-hybridized carbons (Fsp3) is 0.908. The van der Waals surface area contributed by atoms with Crippen LogP contribution in [0.2, 0.25) is 0 Å². The molecule has 0 aliphatic carbocycles. The van der Waals surface area contributed by atoms with Gasteiger partial charge in [-0.2, -0.15) is 0 Å². The van der Waals surface area contributed by atoms with Gasteiger partial charge in [-0.05, 0) is 77.0 Å². The van der Waals surface area contributed by atoms with Gasteiger partial charge in [0.05, 0.1) is 25.4 Å². The SMILES string of the molecule is CCCCCCCCC/C=C\CCCCCCCCCC(=O)OCCCCCCCCC/C=C\CCCCCCCC(=O)NC(CO)C(O)CCCCCCCCCCCCCCCCCCCCCC. The predicted molar refractivity (Wildman–Crippen MR) is 310 cm³/mol. The number of carbonyl (C=O) groups is 2. The first-order valence-electron chi connectivity index (χ1n) is 32.1. The number of aliphatic hydroxyl groups excluding tert-OH is 2. The molecule has 1 amide bonds. The molecule has 0 spiro atoms. The molecule has 6 nitrogen and oxygen atoms in total. The molecule has 0 saturated heterocycles. The maximum absolute atomic E-state index is 12.5. The van der Waals surface area contributed by atoms with E-state index in [4.69, 9.17) is 4.74 Å². The first-order valence-corrected chi connectivity index (χ1v) is 32.1. The molecule has 0 saturated carbocycles. The van der Waals surface area contributed by atoms with Crippen LogP contribution in [0, 0.1) is 0 Å². The maximum Gasteiger partial charge on any atom is 0.305 e. The minimum Gasteiger partial charge on any atom is -0.466 e. The molecule has 420 valence electrons. The van der Waals surface area contributed by atoms with Crippen LogP contribution in [0.5, 0.6) is 0 Å². The van der Waals surface area contributed by atoms with Crippen LogP contribution in [0.1, 0.15) is 354 Å². The highest BCUT2D eigenvalue weighted by molar-refractivity contribution is 5.76. The van der Waals surface area contributed by atoms with Crippen LogP contribution in [-0.4, -0.2) is 47.4 Å². The smallest absolute Gasteiger partial charge is 0.305 e. The third-order valence-electron chi connectivity index (χ3n) is 15.0. The lowest BCUT2D eigenvalue weighted by molar-refractivity contribution is -0.143. The fourth-order valence-electron chi connectivity index (χ4n) is 10.0. The molecule has 6 heteroatoms. The third-order valence-corrected chi connectivity index (χ3v) is 15.0. The van der Waals surface area contributed by atoms with Crippen LogP contribution in [-0.2, 0) is 14.3 Å². The van der Waals surface area contributed by atoms with E-state index in [9.17, 15) is 19.8 Å². The van der Waals surface area contributed by atoms with Crippen molar-refractivity contribution in [1.82, 2.24) is 5.32 Å². The molecule has 0 heterocycles.